The third-order valence-electron chi connectivity index (χ3n) is 1.07. The van der Waals surface area contributed by atoms with Crippen LogP contribution in [0.25, 0.3) is 0 Å². The fourth-order valence-corrected chi connectivity index (χ4v) is 1.06. The normalized spacial score (nSPS) is 13.0. The predicted molar refractivity (Wildman–Crippen MR) is 37.8 cm³/mol. The van der Waals surface area contributed by atoms with Gasteiger partial charge < -0.3 is 0 Å². The molecule has 0 atom stereocenters. The summed E-state index contributed by atoms with van der Waals surface area (Å²) in [6.45, 7) is 11.2. The first-order valence-corrected chi connectivity index (χ1v) is 3.91. The van der Waals surface area contributed by atoms with Crippen LogP contribution in [-0.4, -0.2) is 13.6 Å². The van der Waals surface area contributed by atoms with Crippen LogP contribution < -0.4 is 0 Å². The number of carbonyl (C=O) groups excluding carboxylic acids is 2. The second kappa shape index (κ2) is 9.47. The molecule has 0 aromatic heterocycles. The molecule has 0 aliphatic heterocycles. The van der Waals surface area contributed by atoms with Crippen molar-refractivity contribution in [2.45, 2.75) is 13.3 Å². The molecule has 0 heterocycles. The van der Waals surface area contributed by atoms with E-state index in [0.717, 1.165) is 0 Å². The zero-order valence-electron chi connectivity index (χ0n) is 6.01. The summed E-state index contributed by atoms with van der Waals surface area (Å²) in [6.07, 6.45) is 5.55. The molecule has 4 radical (unpaired) electrons. The van der Waals surface area contributed by atoms with E-state index >= 15 is 0 Å². The maximum atomic E-state index is 7.50. The SMILES string of the molecule is CC1=[C]([Ir])CC=C1.[C]=O.[C]=O. The van der Waals surface area contributed by atoms with E-state index in [1.54, 1.807) is 0 Å². The summed E-state index contributed by atoms with van der Waals surface area (Å²) in [5, 5.41) is 0. The summed E-state index contributed by atoms with van der Waals surface area (Å²) in [5.41, 5.74) is 1.44. The van der Waals surface area contributed by atoms with Crippen LogP contribution in [0, 0.1) is 0 Å². The molecule has 60 valence electrons. The van der Waals surface area contributed by atoms with Gasteiger partial charge in [-0.3, -0.25) is 9.59 Å². The summed E-state index contributed by atoms with van der Waals surface area (Å²) in [4.78, 5) is 15.0. The molecule has 0 bridgehead atoms. The summed E-state index contributed by atoms with van der Waals surface area (Å²) >= 11 is 2.18. The fraction of sp³-hybridized carbons (Fsp3) is 0.250. The van der Waals surface area contributed by atoms with Crippen LogP contribution in [0.5, 0.6) is 0 Å². The standard InChI is InChI=1S/C6H7.2CO.Ir/c1-6-4-2-3-5-6;2*1-2;/h2,4H,3H2,1H3;;;. The average molecular weight is 327 g/mol. The van der Waals surface area contributed by atoms with Crippen molar-refractivity contribution < 1.29 is 28.5 Å². The minimum Gasteiger partial charge on any atom is -0.281 e. The van der Waals surface area contributed by atoms with Crippen LogP contribution in [0.4, 0.5) is 0 Å². The fourth-order valence-electron chi connectivity index (χ4n) is 0.582. The van der Waals surface area contributed by atoms with Crippen molar-refractivity contribution in [3.05, 3.63) is 21.8 Å². The zero-order valence-corrected chi connectivity index (χ0v) is 8.41. The summed E-state index contributed by atoms with van der Waals surface area (Å²) in [6, 6.07) is 0. The van der Waals surface area contributed by atoms with Gasteiger partial charge in [0.15, 0.2) is 0 Å². The molecule has 1 aliphatic carbocycles. The third-order valence-corrected chi connectivity index (χ3v) is 2.50. The Bertz CT molecular complexity index is 159. The summed E-state index contributed by atoms with van der Waals surface area (Å²) in [7, 11) is 0. The molecule has 0 aromatic rings. The first-order chi connectivity index (χ1) is 5.30. The second-order valence-electron chi connectivity index (χ2n) is 1.67. The van der Waals surface area contributed by atoms with E-state index in [9.17, 15) is 0 Å². The Morgan fingerprint density at radius 2 is 1.82 bits per heavy atom. The van der Waals surface area contributed by atoms with E-state index < -0.39 is 0 Å². The van der Waals surface area contributed by atoms with Gasteiger partial charge in [-0.15, -0.1) is 0 Å². The van der Waals surface area contributed by atoms with Gasteiger partial charge >= 0.3 is 54.1 Å². The van der Waals surface area contributed by atoms with Crippen molar-refractivity contribution in [1.29, 1.82) is 0 Å². The minimum absolute atomic E-state index is 1.17. The molecule has 0 fully saturated rings. The molecule has 2 nitrogen and oxygen atoms in total. The van der Waals surface area contributed by atoms with Crippen molar-refractivity contribution >= 4 is 13.6 Å². The topological polar surface area (TPSA) is 34.1 Å². The third kappa shape index (κ3) is 5.89. The Hall–Kier alpha value is -0.531. The molecular formula is C8H7IrO2. The molecule has 0 aromatic carbocycles. The van der Waals surface area contributed by atoms with E-state index in [2.05, 4.69) is 51.6 Å². The molecule has 0 spiro atoms. The minimum atomic E-state index is 1.17. The van der Waals surface area contributed by atoms with E-state index in [-0.39, 0.29) is 0 Å². The molecule has 11 heavy (non-hydrogen) atoms. The van der Waals surface area contributed by atoms with Crippen LogP contribution in [0.1, 0.15) is 13.3 Å². The molecule has 1 aliphatic rings. The maximum absolute atomic E-state index is 7.50. The van der Waals surface area contributed by atoms with Crippen molar-refractivity contribution in [2.75, 3.05) is 0 Å². The van der Waals surface area contributed by atoms with Gasteiger partial charge in [-0.2, -0.15) is 0 Å². The largest absolute Gasteiger partial charge is 0.281 e. The number of hydrogen-bond acceptors (Lipinski definition) is 2. The molecule has 3 heteroatoms. The van der Waals surface area contributed by atoms with Crippen molar-refractivity contribution in [1.82, 2.24) is 0 Å². The monoisotopic (exact) mass is 328 g/mol. The van der Waals surface area contributed by atoms with Crippen molar-refractivity contribution in [3.8, 4) is 0 Å². The van der Waals surface area contributed by atoms with Gasteiger partial charge in [-0.25, -0.2) is 0 Å². The van der Waals surface area contributed by atoms with E-state index in [1.807, 2.05) is 0 Å². The molecule has 0 unspecified atom stereocenters. The Morgan fingerprint density at radius 3 is 1.91 bits per heavy atom. The van der Waals surface area contributed by atoms with Crippen LogP contribution in [-0.2, 0) is 28.5 Å². The molecule has 0 N–H and O–H groups in total. The molecular weight excluding hydrogens is 320 g/mol. The van der Waals surface area contributed by atoms with Crippen LogP contribution in [0.2, 0.25) is 0 Å². The predicted octanol–water partition coefficient (Wildman–Crippen LogP) is 0.973. The van der Waals surface area contributed by atoms with E-state index in [1.165, 1.54) is 16.1 Å². The first kappa shape index (κ1) is 13.1. The van der Waals surface area contributed by atoms with E-state index in [0.29, 0.717) is 0 Å². The van der Waals surface area contributed by atoms with Gasteiger partial charge in [0, 0.05) is 0 Å². The van der Waals surface area contributed by atoms with Gasteiger partial charge in [-0.05, 0) is 0 Å². The Balaban J connectivity index is 0. The van der Waals surface area contributed by atoms with Gasteiger partial charge in [-0.1, -0.05) is 0 Å². The number of allylic oxidation sites excluding steroid dienone is 4. The quantitative estimate of drug-likeness (QED) is 0.664. The van der Waals surface area contributed by atoms with Gasteiger partial charge in [0.05, 0.1) is 0 Å². The van der Waals surface area contributed by atoms with E-state index in [4.69, 9.17) is 9.59 Å². The van der Waals surface area contributed by atoms with Crippen molar-refractivity contribution in [2.24, 2.45) is 0 Å². The molecule has 0 saturated carbocycles. The maximum Gasteiger partial charge on any atom is 0.281 e. The van der Waals surface area contributed by atoms with Crippen LogP contribution >= 0.6 is 0 Å². The Kier molecular flexibility index (Phi) is 11.3. The summed E-state index contributed by atoms with van der Waals surface area (Å²) < 4.78 is 1.51. The Morgan fingerprint density at radius 1 is 1.36 bits per heavy atom. The molecule has 1 rings (SSSR count). The van der Waals surface area contributed by atoms with Crippen molar-refractivity contribution in [3.63, 3.8) is 0 Å². The van der Waals surface area contributed by atoms with Crippen LogP contribution in [0.15, 0.2) is 21.8 Å². The molecule has 0 saturated heterocycles. The number of hydrogen-bond donors (Lipinski definition) is 0. The van der Waals surface area contributed by atoms with Crippen LogP contribution in [0.3, 0.4) is 0 Å². The second-order valence-corrected chi connectivity index (χ2v) is 3.11. The number of rotatable bonds is 0. The van der Waals surface area contributed by atoms with Gasteiger partial charge in [0.1, 0.15) is 0 Å². The molecule has 0 amide bonds. The van der Waals surface area contributed by atoms with Gasteiger partial charge in [0.25, 0.3) is 13.6 Å². The summed E-state index contributed by atoms with van der Waals surface area (Å²) in [5.74, 6) is 0. The average Bonchev–Trinajstić information content (AvgIpc) is 2.44. The Labute approximate surface area is 77.5 Å². The smallest absolute Gasteiger partial charge is 0.281 e. The van der Waals surface area contributed by atoms with Gasteiger partial charge in [0.2, 0.25) is 0 Å². The first-order valence-electron chi connectivity index (χ1n) is 2.71. The zero-order chi connectivity index (χ0) is 9.28.